The number of benzene rings is 1. The molecule has 3 fully saturated rings. The summed E-state index contributed by atoms with van der Waals surface area (Å²) < 4.78 is 0. The van der Waals surface area contributed by atoms with Gasteiger partial charge in [-0.15, -0.1) is 0 Å². The van der Waals surface area contributed by atoms with E-state index in [4.69, 9.17) is 0 Å². The van der Waals surface area contributed by atoms with E-state index in [-0.39, 0.29) is 0 Å². The molecule has 1 aromatic rings. The quantitative estimate of drug-likeness (QED) is 0.741. The minimum absolute atomic E-state index is 0.385. The maximum Gasteiger partial charge on any atom is 0.166 e. The molecular weight excluding hydrogens is 244 g/mol. The smallest absolute Gasteiger partial charge is 0.166 e. The number of Topliss-reactive ketones (excluding diaryl/α,β-unsaturated/α-hetero) is 1. The lowest BCUT2D eigenvalue weighted by Crippen LogP contribution is -2.10. The standard InChI is InChI=1S/C19H24O/c1-11(2)8-12-4-3-5-15(9-12)19(20)18-16-13-6-7-14(10-13)17(16)18/h3-5,9,11,13-14,16-18H,6-8,10H2,1-2H3. The van der Waals surface area contributed by atoms with E-state index < -0.39 is 0 Å². The van der Waals surface area contributed by atoms with E-state index in [1.807, 2.05) is 6.07 Å². The van der Waals surface area contributed by atoms with Crippen molar-refractivity contribution in [2.24, 2.45) is 35.5 Å². The monoisotopic (exact) mass is 268 g/mol. The second-order valence-corrected chi connectivity index (χ2v) is 7.68. The molecule has 20 heavy (non-hydrogen) atoms. The Kier molecular flexibility index (Phi) is 2.80. The fourth-order valence-electron chi connectivity index (χ4n) is 5.19. The van der Waals surface area contributed by atoms with E-state index in [0.29, 0.717) is 17.6 Å². The summed E-state index contributed by atoms with van der Waals surface area (Å²) in [7, 11) is 0. The first-order chi connectivity index (χ1) is 9.65. The number of rotatable bonds is 4. The summed E-state index contributed by atoms with van der Waals surface area (Å²) in [5.41, 5.74) is 2.29. The first-order valence-corrected chi connectivity index (χ1v) is 8.28. The van der Waals surface area contributed by atoms with Crippen LogP contribution in [0.15, 0.2) is 24.3 Å². The summed E-state index contributed by atoms with van der Waals surface area (Å²) in [4.78, 5) is 12.8. The largest absolute Gasteiger partial charge is 0.294 e. The highest BCUT2D eigenvalue weighted by Gasteiger charge is 2.67. The molecule has 0 aliphatic heterocycles. The van der Waals surface area contributed by atoms with Crippen LogP contribution in [0.25, 0.3) is 0 Å². The Bertz CT molecular complexity index is 528. The SMILES string of the molecule is CC(C)Cc1cccc(C(=O)C2C3C4CCC(C4)C23)c1. The molecule has 4 rings (SSSR count). The lowest BCUT2D eigenvalue weighted by molar-refractivity contribution is 0.0944. The number of fused-ring (bicyclic) bond motifs is 5. The Balaban J connectivity index is 1.52. The number of hydrogen-bond acceptors (Lipinski definition) is 1. The number of ketones is 1. The van der Waals surface area contributed by atoms with Gasteiger partial charge in [-0.25, -0.2) is 0 Å². The molecule has 0 radical (unpaired) electrons. The van der Waals surface area contributed by atoms with Gasteiger partial charge in [0, 0.05) is 11.5 Å². The molecular formula is C19H24O. The molecule has 0 spiro atoms. The van der Waals surface area contributed by atoms with Crippen LogP contribution in [-0.2, 0) is 6.42 Å². The first kappa shape index (κ1) is 12.6. The summed E-state index contributed by atoms with van der Waals surface area (Å²) in [5, 5.41) is 0. The van der Waals surface area contributed by atoms with Crippen molar-refractivity contribution in [3.63, 3.8) is 0 Å². The number of carbonyl (C=O) groups is 1. The third-order valence-corrected chi connectivity index (χ3v) is 5.89. The van der Waals surface area contributed by atoms with Crippen LogP contribution in [0.3, 0.4) is 0 Å². The number of hydrogen-bond donors (Lipinski definition) is 0. The van der Waals surface area contributed by atoms with Gasteiger partial charge in [0.15, 0.2) is 5.78 Å². The predicted molar refractivity (Wildman–Crippen MR) is 80.6 cm³/mol. The van der Waals surface area contributed by atoms with Crippen LogP contribution in [0.2, 0.25) is 0 Å². The van der Waals surface area contributed by atoms with Gasteiger partial charge in [0.1, 0.15) is 0 Å². The summed E-state index contributed by atoms with van der Waals surface area (Å²) in [5.74, 6) is 4.77. The van der Waals surface area contributed by atoms with Crippen molar-refractivity contribution in [3.8, 4) is 0 Å². The Labute approximate surface area is 121 Å². The third kappa shape index (κ3) is 1.86. The van der Waals surface area contributed by atoms with Crippen LogP contribution >= 0.6 is 0 Å². The van der Waals surface area contributed by atoms with Crippen molar-refractivity contribution in [2.45, 2.75) is 39.5 Å². The fraction of sp³-hybridized carbons (Fsp3) is 0.632. The zero-order chi connectivity index (χ0) is 13.9. The van der Waals surface area contributed by atoms with Crippen molar-refractivity contribution >= 4 is 5.78 Å². The highest BCUT2D eigenvalue weighted by molar-refractivity contribution is 6.00. The van der Waals surface area contributed by atoms with E-state index in [0.717, 1.165) is 35.7 Å². The zero-order valence-corrected chi connectivity index (χ0v) is 12.5. The minimum Gasteiger partial charge on any atom is -0.294 e. The van der Waals surface area contributed by atoms with E-state index in [1.54, 1.807) is 0 Å². The zero-order valence-electron chi connectivity index (χ0n) is 12.5. The summed E-state index contributed by atoms with van der Waals surface area (Å²) in [6, 6.07) is 8.41. The highest BCUT2D eigenvalue weighted by atomic mass is 16.1. The average Bonchev–Trinajstić information content (AvgIpc) is 2.85. The molecule has 0 saturated heterocycles. The second kappa shape index (κ2) is 4.44. The normalized spacial score (nSPS) is 37.2. The Morgan fingerprint density at radius 2 is 1.90 bits per heavy atom. The molecule has 4 atom stereocenters. The summed E-state index contributed by atoms with van der Waals surface area (Å²) >= 11 is 0. The second-order valence-electron chi connectivity index (χ2n) is 7.68. The Morgan fingerprint density at radius 3 is 2.55 bits per heavy atom. The molecule has 3 aliphatic rings. The van der Waals surface area contributed by atoms with Crippen LogP contribution in [0.1, 0.15) is 49.0 Å². The molecule has 2 bridgehead atoms. The minimum atomic E-state index is 0.385. The molecule has 0 heterocycles. The topological polar surface area (TPSA) is 17.1 Å². The van der Waals surface area contributed by atoms with Crippen molar-refractivity contribution < 1.29 is 4.79 Å². The van der Waals surface area contributed by atoms with Gasteiger partial charge < -0.3 is 0 Å². The average molecular weight is 268 g/mol. The number of carbonyl (C=O) groups excluding carboxylic acids is 1. The maximum absolute atomic E-state index is 12.8. The third-order valence-electron chi connectivity index (χ3n) is 5.89. The van der Waals surface area contributed by atoms with E-state index in [9.17, 15) is 4.79 Å². The van der Waals surface area contributed by atoms with Crippen LogP contribution in [-0.4, -0.2) is 5.78 Å². The van der Waals surface area contributed by atoms with Crippen LogP contribution in [0, 0.1) is 35.5 Å². The van der Waals surface area contributed by atoms with E-state index in [1.165, 1.54) is 24.8 Å². The van der Waals surface area contributed by atoms with Gasteiger partial charge in [0.25, 0.3) is 0 Å². The molecule has 1 heteroatoms. The van der Waals surface area contributed by atoms with Gasteiger partial charge in [-0.3, -0.25) is 4.79 Å². The van der Waals surface area contributed by atoms with Gasteiger partial charge in [0.05, 0.1) is 0 Å². The van der Waals surface area contributed by atoms with Crippen LogP contribution in [0.4, 0.5) is 0 Å². The van der Waals surface area contributed by atoms with Crippen molar-refractivity contribution in [1.82, 2.24) is 0 Å². The van der Waals surface area contributed by atoms with Crippen LogP contribution < -0.4 is 0 Å². The van der Waals surface area contributed by atoms with Crippen molar-refractivity contribution in [2.75, 3.05) is 0 Å². The molecule has 0 N–H and O–H groups in total. The lowest BCUT2D eigenvalue weighted by atomic mass is 9.94. The van der Waals surface area contributed by atoms with Gasteiger partial charge in [-0.05, 0) is 66.9 Å². The first-order valence-electron chi connectivity index (χ1n) is 8.28. The fourth-order valence-corrected chi connectivity index (χ4v) is 5.19. The van der Waals surface area contributed by atoms with Gasteiger partial charge in [-0.1, -0.05) is 32.0 Å². The van der Waals surface area contributed by atoms with Crippen LogP contribution in [0.5, 0.6) is 0 Å². The van der Waals surface area contributed by atoms with Crippen molar-refractivity contribution in [3.05, 3.63) is 35.4 Å². The molecule has 1 aromatic carbocycles. The Morgan fingerprint density at radius 1 is 1.20 bits per heavy atom. The lowest BCUT2D eigenvalue weighted by Gasteiger charge is -2.10. The maximum atomic E-state index is 12.8. The molecule has 4 unspecified atom stereocenters. The van der Waals surface area contributed by atoms with Gasteiger partial charge in [0.2, 0.25) is 0 Å². The highest BCUT2D eigenvalue weighted by Crippen LogP contribution is 2.69. The predicted octanol–water partition coefficient (Wildman–Crippen LogP) is 4.36. The molecule has 106 valence electrons. The van der Waals surface area contributed by atoms with E-state index >= 15 is 0 Å². The molecule has 3 saturated carbocycles. The summed E-state index contributed by atoms with van der Waals surface area (Å²) in [6.45, 7) is 4.47. The molecule has 3 aliphatic carbocycles. The molecule has 1 nitrogen and oxygen atoms in total. The molecule has 0 amide bonds. The molecule has 0 aromatic heterocycles. The van der Waals surface area contributed by atoms with Crippen molar-refractivity contribution in [1.29, 1.82) is 0 Å². The Hall–Kier alpha value is -1.11. The van der Waals surface area contributed by atoms with E-state index in [2.05, 4.69) is 32.0 Å². The summed E-state index contributed by atoms with van der Waals surface area (Å²) in [6.07, 6.45) is 5.28. The van der Waals surface area contributed by atoms with Gasteiger partial charge >= 0.3 is 0 Å². The van der Waals surface area contributed by atoms with Gasteiger partial charge in [-0.2, -0.15) is 0 Å².